The van der Waals surface area contributed by atoms with Crippen molar-refractivity contribution < 1.29 is 23.4 Å². The number of hydrogen-bond acceptors (Lipinski definition) is 2. The molecule has 0 saturated heterocycles. The largest absolute Gasteiger partial charge is 0.507 e. The quantitative estimate of drug-likeness (QED) is 0.679. The highest BCUT2D eigenvalue weighted by Gasteiger charge is 2.35. The SMILES string of the molecule is Oc1cc(C(F)(F)F)c(O)c2ccccc12. The van der Waals surface area contributed by atoms with Crippen LogP contribution in [0.2, 0.25) is 0 Å². The number of benzene rings is 2. The molecule has 0 fully saturated rings. The molecule has 2 aromatic rings. The van der Waals surface area contributed by atoms with Gasteiger partial charge in [-0.15, -0.1) is 0 Å². The molecule has 2 nitrogen and oxygen atoms in total. The van der Waals surface area contributed by atoms with Gasteiger partial charge in [-0.25, -0.2) is 0 Å². The van der Waals surface area contributed by atoms with Gasteiger partial charge in [-0.2, -0.15) is 13.2 Å². The smallest absolute Gasteiger partial charge is 0.420 e. The van der Waals surface area contributed by atoms with Gasteiger partial charge >= 0.3 is 6.18 Å². The number of phenols is 2. The molecule has 0 aromatic heterocycles. The summed E-state index contributed by atoms with van der Waals surface area (Å²) in [5, 5.41) is 19.1. The van der Waals surface area contributed by atoms with Crippen LogP contribution in [0, 0.1) is 0 Å². The maximum atomic E-state index is 12.5. The molecule has 0 radical (unpaired) electrons. The molecule has 0 bridgehead atoms. The highest BCUT2D eigenvalue weighted by molar-refractivity contribution is 5.94. The number of rotatable bonds is 0. The van der Waals surface area contributed by atoms with Crippen molar-refractivity contribution in [1.82, 2.24) is 0 Å². The highest BCUT2D eigenvalue weighted by atomic mass is 19.4. The van der Waals surface area contributed by atoms with Gasteiger partial charge in [-0.05, 0) is 6.07 Å². The number of halogens is 3. The van der Waals surface area contributed by atoms with Crippen LogP contribution in [-0.2, 0) is 6.18 Å². The zero-order chi connectivity index (χ0) is 11.9. The van der Waals surface area contributed by atoms with E-state index in [1.165, 1.54) is 18.2 Å². The number of phenolic OH excluding ortho intramolecular Hbond substituents is 2. The van der Waals surface area contributed by atoms with E-state index in [2.05, 4.69) is 0 Å². The topological polar surface area (TPSA) is 40.5 Å². The van der Waals surface area contributed by atoms with E-state index in [1.54, 1.807) is 6.07 Å². The third-order valence-electron chi connectivity index (χ3n) is 2.30. The maximum Gasteiger partial charge on any atom is 0.420 e. The Kier molecular flexibility index (Phi) is 2.18. The minimum Gasteiger partial charge on any atom is -0.507 e. The number of fused-ring (bicyclic) bond motifs is 1. The zero-order valence-electron chi connectivity index (χ0n) is 7.92. The fourth-order valence-electron chi connectivity index (χ4n) is 1.56. The second kappa shape index (κ2) is 3.30. The summed E-state index contributed by atoms with van der Waals surface area (Å²) in [6.07, 6.45) is -4.69. The minimum absolute atomic E-state index is 0.0187. The van der Waals surface area contributed by atoms with Crippen LogP contribution in [0.15, 0.2) is 30.3 Å². The van der Waals surface area contributed by atoms with Crippen LogP contribution in [0.5, 0.6) is 11.5 Å². The fraction of sp³-hybridized carbons (Fsp3) is 0.0909. The van der Waals surface area contributed by atoms with Crippen molar-refractivity contribution in [3.8, 4) is 11.5 Å². The Morgan fingerprint density at radius 1 is 0.938 bits per heavy atom. The van der Waals surface area contributed by atoms with Gasteiger partial charge in [-0.3, -0.25) is 0 Å². The molecule has 16 heavy (non-hydrogen) atoms. The summed E-state index contributed by atoms with van der Waals surface area (Å²) in [4.78, 5) is 0. The Morgan fingerprint density at radius 2 is 1.50 bits per heavy atom. The van der Waals surface area contributed by atoms with Crippen LogP contribution in [-0.4, -0.2) is 10.2 Å². The average molecular weight is 228 g/mol. The summed E-state index contributed by atoms with van der Waals surface area (Å²) in [6, 6.07) is 6.33. The first kappa shape index (κ1) is 10.6. The first-order chi connectivity index (χ1) is 7.41. The summed E-state index contributed by atoms with van der Waals surface area (Å²) in [7, 11) is 0. The van der Waals surface area contributed by atoms with E-state index in [0.717, 1.165) is 0 Å². The third-order valence-corrected chi connectivity index (χ3v) is 2.30. The predicted octanol–water partition coefficient (Wildman–Crippen LogP) is 3.27. The van der Waals surface area contributed by atoms with E-state index in [1.807, 2.05) is 0 Å². The molecule has 0 aliphatic heterocycles. The minimum atomic E-state index is -4.69. The van der Waals surface area contributed by atoms with E-state index in [0.29, 0.717) is 6.07 Å². The number of alkyl halides is 3. The summed E-state index contributed by atoms with van der Waals surface area (Å²) in [5.74, 6) is -1.36. The molecular formula is C11H7F3O2. The Labute approximate surface area is 88.6 Å². The van der Waals surface area contributed by atoms with Crippen molar-refractivity contribution in [2.75, 3.05) is 0 Å². The number of aromatic hydroxyl groups is 2. The Hall–Kier alpha value is -1.91. The van der Waals surface area contributed by atoms with Crippen LogP contribution in [0.3, 0.4) is 0 Å². The lowest BCUT2D eigenvalue weighted by Gasteiger charge is -2.12. The Morgan fingerprint density at radius 3 is 2.06 bits per heavy atom. The second-order valence-corrected chi connectivity index (χ2v) is 3.34. The van der Waals surface area contributed by atoms with E-state index in [-0.39, 0.29) is 10.8 Å². The average Bonchev–Trinajstić information content (AvgIpc) is 2.22. The third kappa shape index (κ3) is 1.54. The van der Waals surface area contributed by atoms with Gasteiger partial charge in [0, 0.05) is 10.8 Å². The van der Waals surface area contributed by atoms with E-state index in [4.69, 9.17) is 0 Å². The Bertz CT molecular complexity index is 547. The monoisotopic (exact) mass is 228 g/mol. The molecule has 0 spiro atoms. The molecule has 0 atom stereocenters. The van der Waals surface area contributed by atoms with Crippen LogP contribution < -0.4 is 0 Å². The summed E-state index contributed by atoms with van der Waals surface area (Å²) in [6.45, 7) is 0. The molecule has 0 amide bonds. The number of hydrogen-bond donors (Lipinski definition) is 2. The molecule has 0 saturated carbocycles. The lowest BCUT2D eigenvalue weighted by molar-refractivity contribution is -0.138. The molecule has 84 valence electrons. The molecule has 2 N–H and O–H groups in total. The maximum absolute atomic E-state index is 12.5. The lowest BCUT2D eigenvalue weighted by atomic mass is 10.0. The van der Waals surface area contributed by atoms with Crippen molar-refractivity contribution in [3.05, 3.63) is 35.9 Å². The van der Waals surface area contributed by atoms with Gasteiger partial charge in [0.25, 0.3) is 0 Å². The van der Waals surface area contributed by atoms with Crippen molar-refractivity contribution in [1.29, 1.82) is 0 Å². The summed E-state index contributed by atoms with van der Waals surface area (Å²) >= 11 is 0. The highest BCUT2D eigenvalue weighted by Crippen LogP contribution is 2.43. The van der Waals surface area contributed by atoms with Gasteiger partial charge in [0.15, 0.2) is 0 Å². The zero-order valence-corrected chi connectivity index (χ0v) is 7.92. The van der Waals surface area contributed by atoms with E-state index >= 15 is 0 Å². The van der Waals surface area contributed by atoms with Crippen molar-refractivity contribution in [3.63, 3.8) is 0 Å². The van der Waals surface area contributed by atoms with Gasteiger partial charge < -0.3 is 10.2 Å². The first-order valence-electron chi connectivity index (χ1n) is 4.42. The normalized spacial score (nSPS) is 11.9. The van der Waals surface area contributed by atoms with Crippen molar-refractivity contribution >= 4 is 10.8 Å². The Balaban J connectivity index is 2.86. The fourth-order valence-corrected chi connectivity index (χ4v) is 1.56. The van der Waals surface area contributed by atoms with Crippen LogP contribution >= 0.6 is 0 Å². The first-order valence-corrected chi connectivity index (χ1v) is 4.42. The van der Waals surface area contributed by atoms with Crippen LogP contribution in [0.4, 0.5) is 13.2 Å². The van der Waals surface area contributed by atoms with Crippen molar-refractivity contribution in [2.24, 2.45) is 0 Å². The van der Waals surface area contributed by atoms with E-state index in [9.17, 15) is 23.4 Å². The lowest BCUT2D eigenvalue weighted by Crippen LogP contribution is -2.05. The summed E-state index contributed by atoms with van der Waals surface area (Å²) < 4.78 is 37.5. The van der Waals surface area contributed by atoms with Gasteiger partial charge in [0.1, 0.15) is 17.1 Å². The van der Waals surface area contributed by atoms with Crippen molar-refractivity contribution in [2.45, 2.75) is 6.18 Å². The van der Waals surface area contributed by atoms with Crippen LogP contribution in [0.1, 0.15) is 5.56 Å². The molecule has 0 heterocycles. The molecule has 0 unspecified atom stereocenters. The second-order valence-electron chi connectivity index (χ2n) is 3.34. The molecule has 5 heteroatoms. The van der Waals surface area contributed by atoms with Gasteiger partial charge in [0.2, 0.25) is 0 Å². The van der Waals surface area contributed by atoms with Gasteiger partial charge in [-0.1, -0.05) is 24.3 Å². The van der Waals surface area contributed by atoms with Crippen LogP contribution in [0.25, 0.3) is 10.8 Å². The molecule has 0 aliphatic carbocycles. The predicted molar refractivity (Wildman–Crippen MR) is 52.3 cm³/mol. The molecule has 2 rings (SSSR count). The molecule has 0 aliphatic rings. The van der Waals surface area contributed by atoms with Gasteiger partial charge in [0.05, 0.1) is 0 Å². The molecule has 2 aromatic carbocycles. The van der Waals surface area contributed by atoms with E-state index < -0.39 is 23.2 Å². The standard InChI is InChI=1S/C11H7F3O2/c12-11(13,14)8-5-9(15)6-3-1-2-4-7(6)10(8)16/h1-5,15-16H. The summed E-state index contributed by atoms with van der Waals surface area (Å²) in [5.41, 5.74) is -1.23. The molecular weight excluding hydrogens is 221 g/mol.